The summed E-state index contributed by atoms with van der Waals surface area (Å²) in [7, 11) is 1.60. The van der Waals surface area contributed by atoms with Crippen LogP contribution in [0.2, 0.25) is 0 Å². The number of hydrogen-bond acceptors (Lipinski definition) is 4. The highest BCUT2D eigenvalue weighted by atomic mass is 16.5. The molecule has 2 aromatic carbocycles. The first-order valence-electron chi connectivity index (χ1n) is 6.89. The maximum atomic E-state index is 12.4. The molecule has 0 radical (unpaired) electrons. The lowest BCUT2D eigenvalue weighted by Gasteiger charge is -2.12. The van der Waals surface area contributed by atoms with Gasteiger partial charge >= 0.3 is 0 Å². The number of benzene rings is 2. The Bertz CT molecular complexity index is 610. The van der Waals surface area contributed by atoms with Crippen molar-refractivity contribution in [1.29, 1.82) is 0 Å². The van der Waals surface area contributed by atoms with E-state index in [1.165, 1.54) is 0 Å². The molecule has 21 heavy (non-hydrogen) atoms. The van der Waals surface area contributed by atoms with Gasteiger partial charge in [0.1, 0.15) is 12.0 Å². The summed E-state index contributed by atoms with van der Waals surface area (Å²) in [4.78, 5) is 12.4. The molecule has 0 bridgehead atoms. The van der Waals surface area contributed by atoms with Crippen LogP contribution in [0, 0.1) is 0 Å². The third-order valence-corrected chi connectivity index (χ3v) is 3.58. The minimum Gasteiger partial charge on any atom is -0.497 e. The van der Waals surface area contributed by atoms with Crippen LogP contribution in [0.25, 0.3) is 0 Å². The molecule has 2 unspecified atom stereocenters. The first kappa shape index (κ1) is 13.8. The molecule has 2 aromatic rings. The molecule has 1 saturated heterocycles. The first-order valence-corrected chi connectivity index (χ1v) is 6.89. The van der Waals surface area contributed by atoms with Crippen molar-refractivity contribution in [1.82, 2.24) is 5.32 Å². The summed E-state index contributed by atoms with van der Waals surface area (Å²) in [6.45, 7) is 0.379. The monoisotopic (exact) mass is 283 g/mol. The minimum atomic E-state index is -0.316. The lowest BCUT2D eigenvalue weighted by atomic mass is 10.0. The summed E-state index contributed by atoms with van der Waals surface area (Å²) in [5.41, 5.74) is 1.69. The molecule has 0 saturated carbocycles. The molecule has 4 nitrogen and oxygen atoms in total. The lowest BCUT2D eigenvalue weighted by molar-refractivity contribution is 0.0908. The van der Waals surface area contributed by atoms with E-state index in [9.17, 15) is 4.79 Å². The third-order valence-electron chi connectivity index (χ3n) is 3.58. The molecular formula is C17H17NO3. The number of Topliss-reactive ketones (excluding diaryl/α,β-unsaturated/α-hetero) is 1. The van der Waals surface area contributed by atoms with Gasteiger partial charge < -0.3 is 9.47 Å². The fourth-order valence-corrected chi connectivity index (χ4v) is 2.40. The number of nitrogens with one attached hydrogen (secondary N) is 1. The second-order valence-electron chi connectivity index (χ2n) is 4.94. The molecule has 3 rings (SSSR count). The highest BCUT2D eigenvalue weighted by Gasteiger charge is 2.31. The highest BCUT2D eigenvalue weighted by molar-refractivity contribution is 6.00. The van der Waals surface area contributed by atoms with Crippen LogP contribution in [0.3, 0.4) is 0 Å². The molecule has 1 N–H and O–H groups in total. The van der Waals surface area contributed by atoms with E-state index in [1.54, 1.807) is 31.4 Å². The van der Waals surface area contributed by atoms with Crippen LogP contribution in [0.5, 0.6) is 5.75 Å². The quantitative estimate of drug-likeness (QED) is 0.876. The van der Waals surface area contributed by atoms with Gasteiger partial charge in [-0.3, -0.25) is 10.1 Å². The number of hydrogen-bond donors (Lipinski definition) is 1. The Morgan fingerprint density at radius 3 is 2.52 bits per heavy atom. The average Bonchev–Trinajstić information content (AvgIpc) is 3.05. The second kappa shape index (κ2) is 6.08. The number of methoxy groups -OCH3 is 1. The van der Waals surface area contributed by atoms with Crippen molar-refractivity contribution in [3.63, 3.8) is 0 Å². The molecule has 2 atom stereocenters. The van der Waals surface area contributed by atoms with Crippen molar-refractivity contribution < 1.29 is 14.3 Å². The van der Waals surface area contributed by atoms with Crippen LogP contribution in [-0.4, -0.2) is 25.5 Å². The number of carbonyl (C=O) groups excluding carboxylic acids is 1. The largest absolute Gasteiger partial charge is 0.497 e. The molecule has 108 valence electrons. The van der Waals surface area contributed by atoms with Crippen LogP contribution >= 0.6 is 0 Å². The van der Waals surface area contributed by atoms with Crippen molar-refractivity contribution in [2.45, 2.75) is 12.3 Å². The van der Waals surface area contributed by atoms with Gasteiger partial charge in [-0.05, 0) is 29.8 Å². The van der Waals surface area contributed by atoms with Gasteiger partial charge in [0.15, 0.2) is 5.78 Å². The van der Waals surface area contributed by atoms with Gasteiger partial charge in [-0.2, -0.15) is 0 Å². The van der Waals surface area contributed by atoms with E-state index in [1.807, 2.05) is 30.3 Å². The highest BCUT2D eigenvalue weighted by Crippen LogP contribution is 2.22. The predicted molar refractivity (Wildman–Crippen MR) is 79.4 cm³/mol. The summed E-state index contributed by atoms with van der Waals surface area (Å²) < 4.78 is 10.8. The van der Waals surface area contributed by atoms with Crippen LogP contribution in [-0.2, 0) is 4.74 Å². The fourth-order valence-electron chi connectivity index (χ4n) is 2.40. The van der Waals surface area contributed by atoms with Gasteiger partial charge in [-0.1, -0.05) is 30.3 Å². The standard InChI is InChI=1S/C17H17NO3/c1-20-14-9-7-12(8-10-14)16(19)15-11-21-17(18-15)13-5-3-2-4-6-13/h2-10,15,17-18H,11H2,1H3. The van der Waals surface area contributed by atoms with Crippen molar-refractivity contribution >= 4 is 5.78 Å². The number of ether oxygens (including phenoxy) is 2. The molecular weight excluding hydrogens is 266 g/mol. The van der Waals surface area contributed by atoms with Gasteiger partial charge in [0, 0.05) is 5.56 Å². The minimum absolute atomic E-state index is 0.0380. The molecule has 0 aromatic heterocycles. The first-order chi connectivity index (χ1) is 10.3. The molecule has 1 aliphatic rings. The summed E-state index contributed by atoms with van der Waals surface area (Å²) in [5.74, 6) is 0.778. The Balaban J connectivity index is 1.69. The van der Waals surface area contributed by atoms with E-state index in [0.717, 1.165) is 11.3 Å². The Morgan fingerprint density at radius 2 is 1.86 bits per heavy atom. The predicted octanol–water partition coefficient (Wildman–Crippen LogP) is 2.57. The Hall–Kier alpha value is -2.17. The van der Waals surface area contributed by atoms with E-state index in [0.29, 0.717) is 12.2 Å². The maximum Gasteiger partial charge on any atom is 0.182 e. The third kappa shape index (κ3) is 2.96. The number of carbonyl (C=O) groups is 1. The lowest BCUT2D eigenvalue weighted by Crippen LogP contribution is -2.34. The maximum absolute atomic E-state index is 12.4. The van der Waals surface area contributed by atoms with Crippen molar-refractivity contribution in [2.75, 3.05) is 13.7 Å². The second-order valence-corrected chi connectivity index (χ2v) is 4.94. The zero-order chi connectivity index (χ0) is 14.7. The van der Waals surface area contributed by atoms with E-state index >= 15 is 0 Å². The molecule has 4 heteroatoms. The van der Waals surface area contributed by atoms with Gasteiger partial charge in [0.05, 0.1) is 19.8 Å². The SMILES string of the molecule is COc1ccc(C(=O)C2COC(c3ccccc3)N2)cc1. The number of rotatable bonds is 4. The Morgan fingerprint density at radius 1 is 1.14 bits per heavy atom. The summed E-state index contributed by atoms with van der Waals surface area (Å²) in [6.07, 6.45) is -0.224. The molecule has 1 aliphatic heterocycles. The van der Waals surface area contributed by atoms with E-state index in [4.69, 9.17) is 9.47 Å². The summed E-state index contributed by atoms with van der Waals surface area (Å²) in [5, 5.41) is 3.23. The van der Waals surface area contributed by atoms with Gasteiger partial charge in [-0.25, -0.2) is 0 Å². The Labute approximate surface area is 123 Å². The summed E-state index contributed by atoms with van der Waals surface area (Å²) >= 11 is 0. The van der Waals surface area contributed by atoms with Crippen LogP contribution in [0.1, 0.15) is 22.1 Å². The van der Waals surface area contributed by atoms with E-state index in [-0.39, 0.29) is 18.1 Å². The Kier molecular flexibility index (Phi) is 3.99. The van der Waals surface area contributed by atoms with Gasteiger partial charge in [0.25, 0.3) is 0 Å². The van der Waals surface area contributed by atoms with Crippen molar-refractivity contribution in [3.05, 3.63) is 65.7 Å². The zero-order valence-corrected chi connectivity index (χ0v) is 11.8. The van der Waals surface area contributed by atoms with Crippen molar-refractivity contribution in [3.8, 4) is 5.75 Å². The van der Waals surface area contributed by atoms with Gasteiger partial charge in [-0.15, -0.1) is 0 Å². The molecule has 1 fully saturated rings. The fraction of sp³-hybridized carbons (Fsp3) is 0.235. The molecule has 0 spiro atoms. The van der Waals surface area contributed by atoms with Crippen LogP contribution < -0.4 is 10.1 Å². The smallest absolute Gasteiger partial charge is 0.182 e. The van der Waals surface area contributed by atoms with Crippen LogP contribution in [0.4, 0.5) is 0 Å². The molecule has 0 aliphatic carbocycles. The van der Waals surface area contributed by atoms with E-state index in [2.05, 4.69) is 5.32 Å². The normalized spacial score (nSPS) is 21.2. The zero-order valence-electron chi connectivity index (χ0n) is 11.8. The van der Waals surface area contributed by atoms with Crippen LogP contribution in [0.15, 0.2) is 54.6 Å². The number of ketones is 1. The topological polar surface area (TPSA) is 47.6 Å². The summed E-state index contributed by atoms with van der Waals surface area (Å²) in [6, 6.07) is 16.7. The average molecular weight is 283 g/mol. The van der Waals surface area contributed by atoms with E-state index < -0.39 is 0 Å². The molecule has 0 amide bonds. The van der Waals surface area contributed by atoms with Crippen molar-refractivity contribution in [2.24, 2.45) is 0 Å². The molecule has 1 heterocycles. The van der Waals surface area contributed by atoms with Gasteiger partial charge in [0.2, 0.25) is 0 Å².